The van der Waals surface area contributed by atoms with Gasteiger partial charge in [0.05, 0.1) is 5.56 Å². The van der Waals surface area contributed by atoms with Crippen molar-refractivity contribution in [1.29, 1.82) is 0 Å². The molecule has 0 amide bonds. The van der Waals surface area contributed by atoms with Crippen molar-refractivity contribution < 1.29 is 13.6 Å². The van der Waals surface area contributed by atoms with Crippen LogP contribution in [0.1, 0.15) is 22.8 Å². The normalized spacial score (nSPS) is 12.6. The van der Waals surface area contributed by atoms with Crippen LogP contribution in [0.5, 0.6) is 0 Å². The van der Waals surface area contributed by atoms with Crippen LogP contribution in [-0.4, -0.2) is 12.3 Å². The summed E-state index contributed by atoms with van der Waals surface area (Å²) in [6.07, 6.45) is 0. The third-order valence-corrected chi connectivity index (χ3v) is 2.34. The maximum absolute atomic E-state index is 13.4. The molecule has 0 aliphatic heterocycles. The molecule has 0 bridgehead atoms. The van der Waals surface area contributed by atoms with Crippen molar-refractivity contribution in [2.24, 2.45) is 11.7 Å². The van der Waals surface area contributed by atoms with E-state index in [-0.39, 0.29) is 17.7 Å². The van der Waals surface area contributed by atoms with Crippen LogP contribution >= 0.6 is 0 Å². The second kappa shape index (κ2) is 4.49. The van der Waals surface area contributed by atoms with E-state index in [1.807, 2.05) is 0 Å². The predicted octanol–water partition coefficient (Wildman–Crippen LogP) is 2.05. The van der Waals surface area contributed by atoms with Crippen molar-refractivity contribution in [3.63, 3.8) is 0 Å². The molecule has 0 radical (unpaired) electrons. The van der Waals surface area contributed by atoms with Gasteiger partial charge in [0.25, 0.3) is 0 Å². The Bertz CT molecular complexity index is 390. The molecule has 1 atom stereocenters. The van der Waals surface area contributed by atoms with Crippen molar-refractivity contribution in [1.82, 2.24) is 0 Å². The lowest BCUT2D eigenvalue weighted by Crippen LogP contribution is -2.22. The topological polar surface area (TPSA) is 43.1 Å². The highest BCUT2D eigenvalue weighted by Crippen LogP contribution is 2.18. The molecule has 0 fully saturated rings. The van der Waals surface area contributed by atoms with E-state index >= 15 is 0 Å². The smallest absolute Gasteiger partial charge is 0.169 e. The van der Waals surface area contributed by atoms with E-state index in [9.17, 15) is 13.6 Å². The summed E-state index contributed by atoms with van der Waals surface area (Å²) in [5.41, 5.74) is 5.25. The average molecular weight is 213 g/mol. The highest BCUT2D eigenvalue weighted by Gasteiger charge is 2.20. The molecule has 1 unspecified atom stereocenters. The summed E-state index contributed by atoms with van der Waals surface area (Å²) in [5, 5.41) is 0. The van der Waals surface area contributed by atoms with Crippen LogP contribution in [0.15, 0.2) is 12.1 Å². The molecule has 0 saturated heterocycles. The number of rotatable bonds is 3. The number of hydrogen-bond acceptors (Lipinski definition) is 2. The molecule has 0 aliphatic carbocycles. The van der Waals surface area contributed by atoms with Crippen molar-refractivity contribution in [3.8, 4) is 0 Å². The molecule has 0 heterocycles. The van der Waals surface area contributed by atoms with E-state index in [1.165, 1.54) is 19.1 Å². The Labute approximate surface area is 87.1 Å². The van der Waals surface area contributed by atoms with Crippen molar-refractivity contribution in [2.45, 2.75) is 13.8 Å². The number of aryl methyl sites for hydroxylation is 1. The highest BCUT2D eigenvalue weighted by molar-refractivity contribution is 5.98. The fourth-order valence-corrected chi connectivity index (χ4v) is 1.21. The van der Waals surface area contributed by atoms with Crippen molar-refractivity contribution in [3.05, 3.63) is 34.9 Å². The first-order chi connectivity index (χ1) is 6.99. The van der Waals surface area contributed by atoms with Gasteiger partial charge in [-0.1, -0.05) is 13.0 Å². The molecule has 0 aromatic heterocycles. The first-order valence-electron chi connectivity index (χ1n) is 4.68. The monoisotopic (exact) mass is 213 g/mol. The number of ketones is 1. The molecular weight excluding hydrogens is 200 g/mol. The van der Waals surface area contributed by atoms with Crippen molar-refractivity contribution >= 4 is 5.78 Å². The van der Waals surface area contributed by atoms with Crippen LogP contribution < -0.4 is 5.73 Å². The fourth-order valence-electron chi connectivity index (χ4n) is 1.21. The number of carbonyl (C=O) groups is 1. The molecule has 82 valence electrons. The van der Waals surface area contributed by atoms with Gasteiger partial charge in [0.1, 0.15) is 0 Å². The van der Waals surface area contributed by atoms with Crippen LogP contribution in [0.2, 0.25) is 0 Å². The summed E-state index contributed by atoms with van der Waals surface area (Å²) in [7, 11) is 0. The molecule has 1 rings (SSSR count). The molecule has 0 spiro atoms. The van der Waals surface area contributed by atoms with Crippen LogP contribution in [0.25, 0.3) is 0 Å². The Morgan fingerprint density at radius 2 is 2.00 bits per heavy atom. The number of halogens is 2. The number of benzene rings is 1. The molecule has 2 N–H and O–H groups in total. The summed E-state index contributed by atoms with van der Waals surface area (Å²) in [4.78, 5) is 11.6. The van der Waals surface area contributed by atoms with Crippen LogP contribution in [0, 0.1) is 24.5 Å². The molecule has 15 heavy (non-hydrogen) atoms. The van der Waals surface area contributed by atoms with Gasteiger partial charge in [-0.2, -0.15) is 0 Å². The molecule has 0 aliphatic rings. The van der Waals surface area contributed by atoms with Crippen LogP contribution in [0.4, 0.5) is 8.78 Å². The van der Waals surface area contributed by atoms with E-state index in [2.05, 4.69) is 0 Å². The molecule has 2 nitrogen and oxygen atoms in total. The molecule has 1 aromatic carbocycles. The van der Waals surface area contributed by atoms with Crippen LogP contribution in [-0.2, 0) is 0 Å². The Balaban J connectivity index is 3.16. The van der Waals surface area contributed by atoms with Gasteiger partial charge in [0.15, 0.2) is 17.4 Å². The third kappa shape index (κ3) is 2.21. The molecule has 0 saturated carbocycles. The zero-order valence-electron chi connectivity index (χ0n) is 8.68. The van der Waals surface area contributed by atoms with Gasteiger partial charge in [0, 0.05) is 12.5 Å². The van der Waals surface area contributed by atoms with E-state index in [0.29, 0.717) is 0 Å². The number of carbonyl (C=O) groups excluding carboxylic acids is 1. The van der Waals surface area contributed by atoms with E-state index in [4.69, 9.17) is 5.73 Å². The maximum Gasteiger partial charge on any atom is 0.169 e. The lowest BCUT2D eigenvalue weighted by atomic mass is 9.98. The van der Waals surface area contributed by atoms with Gasteiger partial charge in [-0.25, -0.2) is 8.78 Å². The Morgan fingerprint density at radius 3 is 2.53 bits per heavy atom. The maximum atomic E-state index is 13.4. The third-order valence-electron chi connectivity index (χ3n) is 2.34. The summed E-state index contributed by atoms with van der Waals surface area (Å²) in [6.45, 7) is 3.15. The van der Waals surface area contributed by atoms with Gasteiger partial charge in [-0.15, -0.1) is 0 Å². The Kier molecular flexibility index (Phi) is 3.52. The first-order valence-corrected chi connectivity index (χ1v) is 4.68. The van der Waals surface area contributed by atoms with E-state index in [0.717, 1.165) is 0 Å². The van der Waals surface area contributed by atoms with Gasteiger partial charge >= 0.3 is 0 Å². The Morgan fingerprint density at radius 1 is 1.40 bits per heavy atom. The second-order valence-electron chi connectivity index (χ2n) is 3.56. The van der Waals surface area contributed by atoms with Gasteiger partial charge in [-0.05, 0) is 18.6 Å². The minimum Gasteiger partial charge on any atom is -0.330 e. The standard InChI is InChI=1S/C11H13F2NO/c1-6-3-4-8(10(13)9(6)12)11(15)7(2)5-14/h3-4,7H,5,14H2,1-2H3. The second-order valence-corrected chi connectivity index (χ2v) is 3.56. The SMILES string of the molecule is Cc1ccc(C(=O)C(C)CN)c(F)c1F. The quantitative estimate of drug-likeness (QED) is 0.781. The average Bonchev–Trinajstić information content (AvgIpc) is 2.24. The lowest BCUT2D eigenvalue weighted by Gasteiger charge is -2.09. The minimum atomic E-state index is -1.08. The van der Waals surface area contributed by atoms with E-state index < -0.39 is 23.3 Å². The van der Waals surface area contributed by atoms with E-state index in [1.54, 1.807) is 6.92 Å². The molecule has 1 aromatic rings. The summed E-state index contributed by atoms with van der Waals surface area (Å²) in [5.74, 6) is -3.01. The Hall–Kier alpha value is -1.29. The number of Topliss-reactive ketones (excluding diaryl/α,β-unsaturated/α-hetero) is 1. The van der Waals surface area contributed by atoms with Gasteiger partial charge in [-0.3, -0.25) is 4.79 Å². The van der Waals surface area contributed by atoms with Crippen molar-refractivity contribution in [2.75, 3.05) is 6.54 Å². The molecular formula is C11H13F2NO. The zero-order chi connectivity index (χ0) is 11.6. The number of nitrogens with two attached hydrogens (primary N) is 1. The summed E-state index contributed by atoms with van der Waals surface area (Å²) < 4.78 is 26.5. The molecule has 4 heteroatoms. The van der Waals surface area contributed by atoms with Gasteiger partial charge < -0.3 is 5.73 Å². The summed E-state index contributed by atoms with van der Waals surface area (Å²) >= 11 is 0. The largest absolute Gasteiger partial charge is 0.330 e. The van der Waals surface area contributed by atoms with Crippen LogP contribution in [0.3, 0.4) is 0 Å². The lowest BCUT2D eigenvalue weighted by molar-refractivity contribution is 0.0929. The fraction of sp³-hybridized carbons (Fsp3) is 0.364. The number of hydrogen-bond donors (Lipinski definition) is 1. The minimum absolute atomic E-state index is 0.119. The van der Waals surface area contributed by atoms with Gasteiger partial charge in [0.2, 0.25) is 0 Å². The first kappa shape index (κ1) is 11.8. The summed E-state index contributed by atoms with van der Waals surface area (Å²) in [6, 6.07) is 2.68. The highest BCUT2D eigenvalue weighted by atomic mass is 19.2. The predicted molar refractivity (Wildman–Crippen MR) is 53.6 cm³/mol. The zero-order valence-corrected chi connectivity index (χ0v) is 8.68.